The molecule has 0 fully saturated rings. The molecule has 100 valence electrons. The highest BCUT2D eigenvalue weighted by Gasteiger charge is 2.08. The minimum Gasteiger partial charge on any atom is -0.496 e. The van der Waals surface area contributed by atoms with Crippen LogP contribution in [0, 0.1) is 13.8 Å². The molecule has 0 radical (unpaired) electrons. The molecule has 0 atom stereocenters. The molecule has 1 aromatic carbocycles. The Morgan fingerprint density at radius 3 is 2.67 bits per heavy atom. The molecule has 0 aliphatic heterocycles. The second-order valence-corrected chi connectivity index (χ2v) is 4.18. The zero-order chi connectivity index (χ0) is 13.5. The van der Waals surface area contributed by atoms with Crippen LogP contribution in [0.3, 0.4) is 0 Å². The van der Waals surface area contributed by atoms with Crippen LogP contribution in [0.2, 0.25) is 0 Å². The Hall–Kier alpha value is -1.55. The van der Waals surface area contributed by atoms with E-state index in [0.29, 0.717) is 13.2 Å². The second kappa shape index (κ2) is 7.01. The number of benzene rings is 1. The molecule has 4 nitrogen and oxygen atoms in total. The first kappa shape index (κ1) is 14.5. The monoisotopic (exact) mass is 251 g/mol. The quantitative estimate of drug-likeness (QED) is 0.785. The molecule has 1 aromatic rings. The average molecular weight is 251 g/mol. The van der Waals surface area contributed by atoms with Gasteiger partial charge in [-0.05, 0) is 26.3 Å². The maximum atomic E-state index is 11.2. The average Bonchev–Trinajstić information content (AvgIpc) is 2.28. The van der Waals surface area contributed by atoms with Crippen molar-refractivity contribution in [3.8, 4) is 5.75 Å². The number of aryl methyl sites for hydroxylation is 2. The van der Waals surface area contributed by atoms with E-state index in [-0.39, 0.29) is 12.5 Å². The van der Waals surface area contributed by atoms with E-state index in [2.05, 4.69) is 17.4 Å². The van der Waals surface area contributed by atoms with Crippen molar-refractivity contribution >= 4 is 5.97 Å². The fourth-order valence-electron chi connectivity index (χ4n) is 1.98. The normalized spacial score (nSPS) is 10.2. The van der Waals surface area contributed by atoms with Crippen LogP contribution in [-0.2, 0) is 16.1 Å². The van der Waals surface area contributed by atoms with E-state index in [9.17, 15) is 4.79 Å². The number of carbonyl (C=O) groups excluding carboxylic acids is 1. The van der Waals surface area contributed by atoms with Crippen LogP contribution < -0.4 is 10.1 Å². The van der Waals surface area contributed by atoms with Gasteiger partial charge < -0.3 is 14.8 Å². The summed E-state index contributed by atoms with van der Waals surface area (Å²) in [6.07, 6.45) is 0. The summed E-state index contributed by atoms with van der Waals surface area (Å²) in [5.74, 6) is 0.637. The van der Waals surface area contributed by atoms with Crippen LogP contribution in [-0.4, -0.2) is 26.2 Å². The van der Waals surface area contributed by atoms with Crippen LogP contribution in [0.15, 0.2) is 12.1 Å². The van der Waals surface area contributed by atoms with Gasteiger partial charge in [-0.15, -0.1) is 0 Å². The van der Waals surface area contributed by atoms with E-state index in [1.807, 2.05) is 13.8 Å². The molecular weight excluding hydrogens is 230 g/mol. The van der Waals surface area contributed by atoms with Gasteiger partial charge >= 0.3 is 5.97 Å². The zero-order valence-electron chi connectivity index (χ0n) is 11.5. The van der Waals surface area contributed by atoms with Gasteiger partial charge in [-0.3, -0.25) is 4.79 Å². The van der Waals surface area contributed by atoms with Gasteiger partial charge in [0.25, 0.3) is 0 Å². The molecule has 0 saturated carbocycles. The van der Waals surface area contributed by atoms with Crippen molar-refractivity contribution in [2.45, 2.75) is 27.3 Å². The molecule has 0 amide bonds. The highest BCUT2D eigenvalue weighted by molar-refractivity contribution is 5.71. The summed E-state index contributed by atoms with van der Waals surface area (Å²) in [5.41, 5.74) is 3.34. The third-order valence-electron chi connectivity index (χ3n) is 2.59. The van der Waals surface area contributed by atoms with Crippen molar-refractivity contribution in [2.24, 2.45) is 0 Å². The molecule has 0 unspecified atom stereocenters. The molecule has 4 heteroatoms. The Morgan fingerprint density at radius 1 is 1.33 bits per heavy atom. The first-order valence-corrected chi connectivity index (χ1v) is 6.09. The Balaban J connectivity index is 2.64. The van der Waals surface area contributed by atoms with Crippen LogP contribution in [0.25, 0.3) is 0 Å². The third kappa shape index (κ3) is 4.04. The Kier molecular flexibility index (Phi) is 5.65. The van der Waals surface area contributed by atoms with Gasteiger partial charge in [0.05, 0.1) is 20.3 Å². The van der Waals surface area contributed by atoms with Crippen molar-refractivity contribution in [2.75, 3.05) is 20.3 Å². The van der Waals surface area contributed by atoms with Gasteiger partial charge in [0.1, 0.15) is 5.75 Å². The minimum atomic E-state index is -0.235. The number of hydrogen-bond donors (Lipinski definition) is 1. The summed E-state index contributed by atoms with van der Waals surface area (Å²) in [6, 6.07) is 4.14. The number of ether oxygens (including phenoxy) is 2. The number of esters is 1. The summed E-state index contributed by atoms with van der Waals surface area (Å²) >= 11 is 0. The number of nitrogens with one attached hydrogen (secondary N) is 1. The summed E-state index contributed by atoms with van der Waals surface area (Å²) in [4.78, 5) is 11.2. The van der Waals surface area contributed by atoms with Gasteiger partial charge in [0.2, 0.25) is 0 Å². The van der Waals surface area contributed by atoms with E-state index < -0.39 is 0 Å². The Bertz CT molecular complexity index is 416. The molecule has 0 spiro atoms. The van der Waals surface area contributed by atoms with Gasteiger partial charge in [-0.2, -0.15) is 0 Å². The number of rotatable bonds is 6. The first-order chi connectivity index (χ1) is 8.58. The molecule has 0 aliphatic carbocycles. The number of hydrogen-bond acceptors (Lipinski definition) is 4. The van der Waals surface area contributed by atoms with Crippen LogP contribution >= 0.6 is 0 Å². The summed E-state index contributed by atoms with van der Waals surface area (Å²) in [6.45, 7) is 7.06. The van der Waals surface area contributed by atoms with Gasteiger partial charge in [0, 0.05) is 12.1 Å². The predicted octanol–water partition coefficient (Wildman–Crippen LogP) is 1.96. The third-order valence-corrected chi connectivity index (χ3v) is 2.59. The van der Waals surface area contributed by atoms with E-state index in [1.165, 1.54) is 5.56 Å². The SMILES string of the molecule is CCOC(=O)CNCc1cc(C)cc(C)c1OC. The molecular formula is C14H21NO3. The minimum absolute atomic E-state index is 0.212. The summed E-state index contributed by atoms with van der Waals surface area (Å²) in [5, 5.41) is 3.06. The van der Waals surface area contributed by atoms with Crippen molar-refractivity contribution in [3.05, 3.63) is 28.8 Å². The summed E-state index contributed by atoms with van der Waals surface area (Å²) < 4.78 is 10.2. The lowest BCUT2D eigenvalue weighted by molar-refractivity contribution is -0.142. The lowest BCUT2D eigenvalue weighted by Crippen LogP contribution is -2.24. The van der Waals surface area contributed by atoms with Crippen molar-refractivity contribution in [1.29, 1.82) is 0 Å². The molecule has 0 bridgehead atoms. The maximum Gasteiger partial charge on any atom is 0.319 e. The topological polar surface area (TPSA) is 47.6 Å². The fourth-order valence-corrected chi connectivity index (χ4v) is 1.98. The smallest absolute Gasteiger partial charge is 0.319 e. The Morgan fingerprint density at radius 2 is 2.06 bits per heavy atom. The molecule has 1 rings (SSSR count). The Labute approximate surface area is 108 Å². The largest absolute Gasteiger partial charge is 0.496 e. The molecule has 1 N–H and O–H groups in total. The first-order valence-electron chi connectivity index (χ1n) is 6.09. The zero-order valence-corrected chi connectivity index (χ0v) is 11.5. The van der Waals surface area contributed by atoms with Crippen LogP contribution in [0.4, 0.5) is 0 Å². The van der Waals surface area contributed by atoms with E-state index in [1.54, 1.807) is 14.0 Å². The maximum absolute atomic E-state index is 11.2. The number of methoxy groups -OCH3 is 1. The number of carbonyl (C=O) groups is 1. The van der Waals surface area contributed by atoms with E-state index in [0.717, 1.165) is 16.9 Å². The van der Waals surface area contributed by atoms with Crippen molar-refractivity contribution < 1.29 is 14.3 Å². The van der Waals surface area contributed by atoms with Crippen LogP contribution in [0.5, 0.6) is 5.75 Å². The highest BCUT2D eigenvalue weighted by atomic mass is 16.5. The second-order valence-electron chi connectivity index (χ2n) is 4.18. The van der Waals surface area contributed by atoms with Gasteiger partial charge in [-0.1, -0.05) is 17.7 Å². The highest BCUT2D eigenvalue weighted by Crippen LogP contribution is 2.24. The fraction of sp³-hybridized carbons (Fsp3) is 0.500. The molecule has 0 aromatic heterocycles. The van der Waals surface area contributed by atoms with E-state index in [4.69, 9.17) is 9.47 Å². The summed E-state index contributed by atoms with van der Waals surface area (Å²) in [7, 11) is 1.66. The van der Waals surface area contributed by atoms with Crippen molar-refractivity contribution in [1.82, 2.24) is 5.32 Å². The molecule has 0 aliphatic rings. The lowest BCUT2D eigenvalue weighted by atomic mass is 10.1. The van der Waals surface area contributed by atoms with Crippen LogP contribution in [0.1, 0.15) is 23.6 Å². The molecule has 18 heavy (non-hydrogen) atoms. The van der Waals surface area contributed by atoms with Gasteiger partial charge in [-0.25, -0.2) is 0 Å². The lowest BCUT2D eigenvalue weighted by Gasteiger charge is -2.13. The van der Waals surface area contributed by atoms with E-state index >= 15 is 0 Å². The standard InChI is InChI=1S/C14H21NO3/c1-5-18-13(16)9-15-8-12-7-10(2)6-11(3)14(12)17-4/h6-7,15H,5,8-9H2,1-4H3. The molecule has 0 heterocycles. The molecule has 0 saturated heterocycles. The predicted molar refractivity (Wildman–Crippen MR) is 70.8 cm³/mol. The van der Waals surface area contributed by atoms with Gasteiger partial charge in [0.15, 0.2) is 0 Å². The van der Waals surface area contributed by atoms with Crippen molar-refractivity contribution in [3.63, 3.8) is 0 Å².